The van der Waals surface area contributed by atoms with E-state index in [1.54, 1.807) is 17.6 Å². The number of nitrogens with one attached hydrogen (secondary N) is 1. The SMILES string of the molecule is CCCCCc1ccc(S(=O)(=O)C2(C(=O)NO)CCN(C)CC2)cc1. The van der Waals surface area contributed by atoms with Crippen molar-refractivity contribution in [2.75, 3.05) is 20.1 Å². The molecule has 1 heterocycles. The van der Waals surface area contributed by atoms with Gasteiger partial charge in [-0.3, -0.25) is 10.0 Å². The van der Waals surface area contributed by atoms with Crippen LogP contribution in [-0.2, 0) is 21.1 Å². The molecule has 1 aliphatic rings. The Hall–Kier alpha value is -1.44. The van der Waals surface area contributed by atoms with Gasteiger partial charge in [0.15, 0.2) is 14.6 Å². The molecule has 1 aromatic rings. The highest BCUT2D eigenvalue weighted by atomic mass is 32.2. The molecule has 2 rings (SSSR count). The zero-order chi connectivity index (χ0) is 18.5. The first kappa shape index (κ1) is 19.9. The van der Waals surface area contributed by atoms with E-state index in [2.05, 4.69) is 6.92 Å². The van der Waals surface area contributed by atoms with Crippen LogP contribution in [0.2, 0.25) is 0 Å². The molecule has 1 fully saturated rings. The van der Waals surface area contributed by atoms with Crippen LogP contribution in [0.25, 0.3) is 0 Å². The van der Waals surface area contributed by atoms with Crippen LogP contribution in [0.4, 0.5) is 0 Å². The lowest BCUT2D eigenvalue weighted by Gasteiger charge is -2.38. The molecule has 1 saturated heterocycles. The third kappa shape index (κ3) is 4.04. The highest BCUT2D eigenvalue weighted by molar-refractivity contribution is 7.93. The first-order valence-corrected chi connectivity index (χ1v) is 10.3. The number of sulfone groups is 1. The van der Waals surface area contributed by atoms with Gasteiger partial charge in [-0.2, -0.15) is 0 Å². The topological polar surface area (TPSA) is 86.7 Å². The summed E-state index contributed by atoms with van der Waals surface area (Å²) >= 11 is 0. The van der Waals surface area contributed by atoms with E-state index in [0.29, 0.717) is 13.1 Å². The Morgan fingerprint density at radius 3 is 2.32 bits per heavy atom. The largest absolute Gasteiger partial charge is 0.306 e. The highest BCUT2D eigenvalue weighted by Crippen LogP contribution is 2.35. The number of likely N-dealkylation sites (tertiary alicyclic amines) is 1. The van der Waals surface area contributed by atoms with E-state index in [9.17, 15) is 13.2 Å². The second kappa shape index (κ2) is 8.29. The third-order valence-electron chi connectivity index (χ3n) is 5.13. The van der Waals surface area contributed by atoms with E-state index in [1.165, 1.54) is 0 Å². The van der Waals surface area contributed by atoms with Crippen molar-refractivity contribution < 1.29 is 18.4 Å². The summed E-state index contributed by atoms with van der Waals surface area (Å²) in [7, 11) is -2.01. The van der Waals surface area contributed by atoms with Crippen LogP contribution < -0.4 is 5.48 Å². The van der Waals surface area contributed by atoms with Crippen LogP contribution in [0.5, 0.6) is 0 Å². The van der Waals surface area contributed by atoms with Crippen molar-refractivity contribution in [1.29, 1.82) is 0 Å². The fourth-order valence-electron chi connectivity index (χ4n) is 3.34. The number of rotatable bonds is 7. The molecular formula is C18H28N2O4S. The predicted octanol–water partition coefficient (Wildman–Crippen LogP) is 2.16. The minimum atomic E-state index is -3.90. The molecule has 0 radical (unpaired) electrons. The fourth-order valence-corrected chi connectivity index (χ4v) is 5.29. The molecule has 0 unspecified atom stereocenters. The van der Waals surface area contributed by atoms with Crippen LogP contribution in [0.1, 0.15) is 44.6 Å². The van der Waals surface area contributed by atoms with Crippen molar-refractivity contribution in [3.63, 3.8) is 0 Å². The van der Waals surface area contributed by atoms with Gasteiger partial charge in [0.1, 0.15) is 0 Å². The smallest absolute Gasteiger partial charge is 0.265 e. The number of benzene rings is 1. The molecule has 6 nitrogen and oxygen atoms in total. The summed E-state index contributed by atoms with van der Waals surface area (Å²) in [6, 6.07) is 6.81. The molecule has 0 aliphatic carbocycles. The average molecular weight is 368 g/mol. The molecule has 2 N–H and O–H groups in total. The van der Waals surface area contributed by atoms with Crippen molar-refractivity contribution in [2.24, 2.45) is 0 Å². The van der Waals surface area contributed by atoms with Gasteiger partial charge in [0.25, 0.3) is 5.91 Å². The first-order valence-electron chi connectivity index (χ1n) is 8.84. The second-order valence-electron chi connectivity index (χ2n) is 6.84. The maximum absolute atomic E-state index is 13.2. The zero-order valence-electron chi connectivity index (χ0n) is 15.0. The lowest BCUT2D eigenvalue weighted by Crippen LogP contribution is -2.57. The number of carbonyl (C=O) groups is 1. The molecule has 25 heavy (non-hydrogen) atoms. The fraction of sp³-hybridized carbons (Fsp3) is 0.611. The monoisotopic (exact) mass is 368 g/mol. The zero-order valence-corrected chi connectivity index (χ0v) is 15.8. The molecule has 7 heteroatoms. The van der Waals surface area contributed by atoms with Crippen molar-refractivity contribution in [2.45, 2.75) is 55.1 Å². The Labute approximate surface area is 150 Å². The Kier molecular flexibility index (Phi) is 6.59. The van der Waals surface area contributed by atoms with E-state index in [1.807, 2.05) is 24.1 Å². The Balaban J connectivity index is 2.29. The Morgan fingerprint density at radius 1 is 1.20 bits per heavy atom. The minimum Gasteiger partial charge on any atom is -0.306 e. The van der Waals surface area contributed by atoms with Gasteiger partial charge < -0.3 is 4.90 Å². The van der Waals surface area contributed by atoms with Gasteiger partial charge in [0.05, 0.1) is 4.90 Å². The van der Waals surface area contributed by atoms with Crippen LogP contribution in [-0.4, -0.2) is 49.3 Å². The number of amides is 1. The number of piperidine rings is 1. The predicted molar refractivity (Wildman–Crippen MR) is 96.2 cm³/mol. The number of hydrogen-bond acceptors (Lipinski definition) is 5. The molecule has 0 bridgehead atoms. The van der Waals surface area contributed by atoms with Gasteiger partial charge in [-0.15, -0.1) is 0 Å². The lowest BCUT2D eigenvalue weighted by molar-refractivity contribution is -0.133. The van der Waals surface area contributed by atoms with Crippen LogP contribution in [0.3, 0.4) is 0 Å². The minimum absolute atomic E-state index is 0.139. The molecule has 140 valence electrons. The number of unbranched alkanes of at least 4 members (excludes halogenated alkanes) is 2. The van der Waals surface area contributed by atoms with Gasteiger partial charge >= 0.3 is 0 Å². The van der Waals surface area contributed by atoms with Crippen molar-refractivity contribution >= 4 is 15.7 Å². The summed E-state index contributed by atoms with van der Waals surface area (Å²) in [5.41, 5.74) is 2.67. The quantitative estimate of drug-likeness (QED) is 0.438. The van der Waals surface area contributed by atoms with Gasteiger partial charge in [-0.1, -0.05) is 31.9 Å². The van der Waals surface area contributed by atoms with Crippen molar-refractivity contribution in [3.05, 3.63) is 29.8 Å². The number of hydrogen-bond donors (Lipinski definition) is 2. The van der Waals surface area contributed by atoms with Crippen LogP contribution in [0.15, 0.2) is 29.2 Å². The van der Waals surface area contributed by atoms with E-state index < -0.39 is 20.5 Å². The van der Waals surface area contributed by atoms with E-state index in [0.717, 1.165) is 31.2 Å². The van der Waals surface area contributed by atoms with E-state index in [4.69, 9.17) is 5.21 Å². The van der Waals surface area contributed by atoms with Gasteiger partial charge in [0, 0.05) is 0 Å². The summed E-state index contributed by atoms with van der Waals surface area (Å²) in [6.45, 7) is 3.12. The van der Waals surface area contributed by atoms with Crippen molar-refractivity contribution in [1.82, 2.24) is 10.4 Å². The highest BCUT2D eigenvalue weighted by Gasteiger charge is 2.52. The first-order chi connectivity index (χ1) is 11.9. The number of carbonyl (C=O) groups excluding carboxylic acids is 1. The van der Waals surface area contributed by atoms with Gasteiger partial charge in [0.2, 0.25) is 0 Å². The summed E-state index contributed by atoms with van der Waals surface area (Å²) in [5.74, 6) is -0.840. The number of aryl methyl sites for hydroxylation is 1. The summed E-state index contributed by atoms with van der Waals surface area (Å²) in [5, 5.41) is 9.12. The number of nitrogens with zero attached hydrogens (tertiary/aromatic N) is 1. The molecular weight excluding hydrogens is 340 g/mol. The number of hydroxylamine groups is 1. The maximum Gasteiger partial charge on any atom is 0.265 e. The van der Waals surface area contributed by atoms with Crippen LogP contribution in [0, 0.1) is 0 Å². The molecule has 0 spiro atoms. The van der Waals surface area contributed by atoms with Crippen LogP contribution >= 0.6 is 0 Å². The Morgan fingerprint density at radius 2 is 1.80 bits per heavy atom. The molecule has 0 aromatic heterocycles. The van der Waals surface area contributed by atoms with E-state index >= 15 is 0 Å². The standard InChI is InChI=1S/C18H28N2O4S/c1-3-4-5-6-15-7-9-16(10-8-15)25(23,24)18(17(21)19-22)11-13-20(2)14-12-18/h7-10,22H,3-6,11-14H2,1-2H3,(H,19,21). The normalized spacial score (nSPS) is 18.0. The molecule has 1 aliphatic heterocycles. The lowest BCUT2D eigenvalue weighted by atomic mass is 9.95. The molecule has 0 atom stereocenters. The average Bonchev–Trinajstić information content (AvgIpc) is 2.62. The Bertz CT molecular complexity index is 678. The maximum atomic E-state index is 13.2. The van der Waals surface area contributed by atoms with E-state index in [-0.39, 0.29) is 17.7 Å². The molecule has 0 saturated carbocycles. The molecule has 1 amide bonds. The van der Waals surface area contributed by atoms with Gasteiger partial charge in [-0.05, 0) is 63.5 Å². The second-order valence-corrected chi connectivity index (χ2v) is 9.10. The summed E-state index contributed by atoms with van der Waals surface area (Å²) < 4.78 is 24.8. The summed E-state index contributed by atoms with van der Waals surface area (Å²) in [4.78, 5) is 14.4. The van der Waals surface area contributed by atoms with Gasteiger partial charge in [-0.25, -0.2) is 13.9 Å². The third-order valence-corrected chi connectivity index (χ3v) is 7.64. The molecule has 1 aromatic carbocycles. The van der Waals surface area contributed by atoms with Crippen molar-refractivity contribution in [3.8, 4) is 0 Å². The summed E-state index contributed by atoms with van der Waals surface area (Å²) in [6.07, 6.45) is 4.60.